The van der Waals surface area contributed by atoms with Crippen LogP contribution in [0.3, 0.4) is 0 Å². The summed E-state index contributed by atoms with van der Waals surface area (Å²) in [6.45, 7) is 1.12. The van der Waals surface area contributed by atoms with Gasteiger partial charge in [-0.1, -0.05) is 34.1 Å². The Morgan fingerprint density at radius 1 is 1.21 bits per heavy atom. The van der Waals surface area contributed by atoms with Crippen LogP contribution >= 0.6 is 15.9 Å². The summed E-state index contributed by atoms with van der Waals surface area (Å²) in [6, 6.07) is 12.7. The zero-order valence-electron chi connectivity index (χ0n) is 10.7. The molecule has 2 N–H and O–H groups in total. The highest BCUT2D eigenvalue weighted by atomic mass is 79.9. The monoisotopic (exact) mass is 322 g/mol. The van der Waals surface area contributed by atoms with Crippen LogP contribution in [0.15, 0.2) is 46.9 Å². The molecule has 0 saturated carbocycles. The summed E-state index contributed by atoms with van der Waals surface area (Å²) in [5, 5.41) is 0. The summed E-state index contributed by atoms with van der Waals surface area (Å²) in [5.41, 5.74) is 8.82. The molecule has 100 valence electrons. The number of nitrogens with two attached hydrogens (primary N) is 1. The zero-order valence-corrected chi connectivity index (χ0v) is 12.3. The number of benzene rings is 2. The quantitative estimate of drug-likeness (QED) is 0.930. The molecule has 0 aromatic heterocycles. The van der Waals surface area contributed by atoms with E-state index in [2.05, 4.69) is 20.8 Å². The lowest BCUT2D eigenvalue weighted by atomic mass is 10.1. The van der Waals surface area contributed by atoms with Gasteiger partial charge in [-0.05, 0) is 35.4 Å². The van der Waals surface area contributed by atoms with Crippen molar-refractivity contribution in [3.63, 3.8) is 0 Å². The van der Waals surface area contributed by atoms with Crippen LogP contribution in [-0.2, 0) is 13.1 Å². The summed E-state index contributed by atoms with van der Waals surface area (Å²) in [5.74, 6) is -0.209. The molecule has 0 radical (unpaired) electrons. The van der Waals surface area contributed by atoms with Gasteiger partial charge in [0.2, 0.25) is 0 Å². The SMILES string of the molecule is CN(Cc1cccc(F)c1)c1cc(Br)ccc1CN. The van der Waals surface area contributed by atoms with Crippen molar-refractivity contribution in [2.24, 2.45) is 5.73 Å². The standard InChI is InChI=1S/C15H16BrFN2/c1-19(10-11-3-2-4-14(17)7-11)15-8-13(16)6-5-12(15)9-18/h2-8H,9-10,18H2,1H3. The van der Waals surface area contributed by atoms with Crippen molar-refractivity contribution < 1.29 is 4.39 Å². The van der Waals surface area contributed by atoms with Crippen molar-refractivity contribution in [3.8, 4) is 0 Å². The third-order valence-corrected chi connectivity index (χ3v) is 3.48. The van der Waals surface area contributed by atoms with Gasteiger partial charge in [-0.3, -0.25) is 0 Å². The van der Waals surface area contributed by atoms with Crippen LogP contribution in [0.2, 0.25) is 0 Å². The van der Waals surface area contributed by atoms with Gasteiger partial charge in [-0.15, -0.1) is 0 Å². The largest absolute Gasteiger partial charge is 0.370 e. The van der Waals surface area contributed by atoms with E-state index in [9.17, 15) is 4.39 Å². The predicted octanol–water partition coefficient (Wildman–Crippen LogP) is 3.68. The van der Waals surface area contributed by atoms with E-state index in [1.54, 1.807) is 12.1 Å². The molecule has 19 heavy (non-hydrogen) atoms. The minimum absolute atomic E-state index is 0.209. The molecule has 2 rings (SSSR count). The van der Waals surface area contributed by atoms with Gasteiger partial charge < -0.3 is 10.6 Å². The van der Waals surface area contributed by atoms with Crippen molar-refractivity contribution in [1.82, 2.24) is 0 Å². The van der Waals surface area contributed by atoms with E-state index in [0.29, 0.717) is 13.1 Å². The van der Waals surface area contributed by atoms with Gasteiger partial charge in [-0.25, -0.2) is 4.39 Å². The number of rotatable bonds is 4. The number of hydrogen-bond acceptors (Lipinski definition) is 2. The van der Waals surface area contributed by atoms with Gasteiger partial charge in [0.05, 0.1) is 0 Å². The van der Waals surface area contributed by atoms with Crippen LogP contribution in [0.25, 0.3) is 0 Å². The second-order valence-corrected chi connectivity index (χ2v) is 5.38. The number of anilines is 1. The normalized spacial score (nSPS) is 10.5. The van der Waals surface area contributed by atoms with Gasteiger partial charge in [0, 0.05) is 30.3 Å². The summed E-state index contributed by atoms with van der Waals surface area (Å²) in [7, 11) is 1.98. The molecular formula is C15H16BrFN2. The number of nitrogens with zero attached hydrogens (tertiary/aromatic N) is 1. The van der Waals surface area contributed by atoms with E-state index in [0.717, 1.165) is 21.3 Å². The predicted molar refractivity (Wildman–Crippen MR) is 80.5 cm³/mol. The smallest absolute Gasteiger partial charge is 0.123 e. The minimum atomic E-state index is -0.209. The highest BCUT2D eigenvalue weighted by Crippen LogP contribution is 2.25. The van der Waals surface area contributed by atoms with Crippen molar-refractivity contribution in [1.29, 1.82) is 0 Å². The van der Waals surface area contributed by atoms with Crippen LogP contribution in [-0.4, -0.2) is 7.05 Å². The Labute approximate surface area is 121 Å². The van der Waals surface area contributed by atoms with Crippen LogP contribution in [0.1, 0.15) is 11.1 Å². The van der Waals surface area contributed by atoms with Crippen LogP contribution in [0, 0.1) is 5.82 Å². The van der Waals surface area contributed by atoms with Gasteiger partial charge >= 0.3 is 0 Å². The Hall–Kier alpha value is -1.39. The first-order valence-electron chi connectivity index (χ1n) is 6.04. The molecule has 0 heterocycles. The van der Waals surface area contributed by atoms with E-state index in [4.69, 9.17) is 5.73 Å². The topological polar surface area (TPSA) is 29.3 Å². The lowest BCUT2D eigenvalue weighted by molar-refractivity contribution is 0.625. The maximum absolute atomic E-state index is 13.2. The van der Waals surface area contributed by atoms with Crippen LogP contribution in [0.5, 0.6) is 0 Å². The second kappa shape index (κ2) is 6.17. The third-order valence-electron chi connectivity index (χ3n) is 2.99. The molecule has 0 aliphatic carbocycles. The maximum atomic E-state index is 13.2. The number of halogens is 2. The summed E-state index contributed by atoms with van der Waals surface area (Å²) in [4.78, 5) is 2.07. The molecular weight excluding hydrogens is 307 g/mol. The molecule has 0 aliphatic rings. The fourth-order valence-electron chi connectivity index (χ4n) is 2.06. The van der Waals surface area contributed by atoms with Gasteiger partial charge in [0.1, 0.15) is 5.82 Å². The highest BCUT2D eigenvalue weighted by molar-refractivity contribution is 9.10. The molecule has 4 heteroatoms. The maximum Gasteiger partial charge on any atom is 0.123 e. The lowest BCUT2D eigenvalue weighted by Crippen LogP contribution is -2.19. The van der Waals surface area contributed by atoms with E-state index in [1.807, 2.05) is 31.3 Å². The van der Waals surface area contributed by atoms with Crippen molar-refractivity contribution in [2.45, 2.75) is 13.1 Å². The Morgan fingerprint density at radius 2 is 2.00 bits per heavy atom. The Kier molecular flexibility index (Phi) is 4.56. The molecule has 0 atom stereocenters. The first-order chi connectivity index (χ1) is 9.10. The van der Waals surface area contributed by atoms with Crippen molar-refractivity contribution in [3.05, 3.63) is 63.9 Å². The second-order valence-electron chi connectivity index (χ2n) is 4.46. The van der Waals surface area contributed by atoms with Crippen LogP contribution < -0.4 is 10.6 Å². The van der Waals surface area contributed by atoms with Gasteiger partial charge in [0.15, 0.2) is 0 Å². The molecule has 0 aliphatic heterocycles. The highest BCUT2D eigenvalue weighted by Gasteiger charge is 2.08. The van der Waals surface area contributed by atoms with Crippen molar-refractivity contribution >= 4 is 21.6 Å². The van der Waals surface area contributed by atoms with E-state index >= 15 is 0 Å². The third kappa shape index (κ3) is 3.55. The molecule has 0 saturated heterocycles. The van der Waals surface area contributed by atoms with Gasteiger partial charge in [0.25, 0.3) is 0 Å². The molecule has 2 aromatic rings. The fourth-order valence-corrected chi connectivity index (χ4v) is 2.41. The summed E-state index contributed by atoms with van der Waals surface area (Å²) in [6.07, 6.45) is 0. The summed E-state index contributed by atoms with van der Waals surface area (Å²) < 4.78 is 14.2. The lowest BCUT2D eigenvalue weighted by Gasteiger charge is -2.22. The number of hydrogen-bond donors (Lipinski definition) is 1. The first kappa shape index (κ1) is 14.0. The minimum Gasteiger partial charge on any atom is -0.370 e. The van der Waals surface area contributed by atoms with E-state index < -0.39 is 0 Å². The Bertz CT molecular complexity index is 572. The molecule has 0 spiro atoms. The average Bonchev–Trinajstić information content (AvgIpc) is 2.38. The molecule has 2 nitrogen and oxygen atoms in total. The van der Waals surface area contributed by atoms with Crippen LogP contribution in [0.4, 0.5) is 10.1 Å². The summed E-state index contributed by atoms with van der Waals surface area (Å²) >= 11 is 3.46. The molecule has 0 bridgehead atoms. The fraction of sp³-hybridized carbons (Fsp3) is 0.200. The molecule has 0 amide bonds. The Morgan fingerprint density at radius 3 is 2.68 bits per heavy atom. The Balaban J connectivity index is 2.24. The molecule has 0 unspecified atom stereocenters. The average molecular weight is 323 g/mol. The van der Waals surface area contributed by atoms with E-state index in [-0.39, 0.29) is 5.82 Å². The first-order valence-corrected chi connectivity index (χ1v) is 6.83. The molecule has 0 fully saturated rings. The zero-order chi connectivity index (χ0) is 13.8. The van der Waals surface area contributed by atoms with E-state index in [1.165, 1.54) is 6.07 Å². The van der Waals surface area contributed by atoms with Gasteiger partial charge in [-0.2, -0.15) is 0 Å². The van der Waals surface area contributed by atoms with Crippen molar-refractivity contribution in [2.75, 3.05) is 11.9 Å². The molecule has 2 aromatic carbocycles.